The first kappa shape index (κ1) is 8.13. The highest BCUT2D eigenvalue weighted by molar-refractivity contribution is 7.71. The first-order chi connectivity index (χ1) is 6.31. The molecule has 0 aliphatic heterocycles. The third-order valence-corrected chi connectivity index (χ3v) is 2.22. The van der Waals surface area contributed by atoms with E-state index >= 15 is 0 Å². The van der Waals surface area contributed by atoms with Crippen LogP contribution in [0.2, 0.25) is 0 Å². The lowest BCUT2D eigenvalue weighted by Gasteiger charge is -1.99. The molecule has 2 aromatic rings. The van der Waals surface area contributed by atoms with E-state index in [1.54, 1.807) is 0 Å². The van der Waals surface area contributed by atoms with Crippen LogP contribution in [0.15, 0.2) is 35.3 Å². The van der Waals surface area contributed by atoms with Crippen molar-refractivity contribution in [3.8, 4) is 0 Å². The minimum atomic E-state index is 0.633. The molecule has 2 nitrogen and oxygen atoms in total. The lowest BCUT2D eigenvalue weighted by Crippen LogP contribution is -1.79. The number of aromatic amines is 1. The van der Waals surface area contributed by atoms with Gasteiger partial charge in [0.2, 0.25) is 0 Å². The lowest BCUT2D eigenvalue weighted by molar-refractivity contribution is 1.35. The van der Waals surface area contributed by atoms with Crippen LogP contribution in [0.4, 0.5) is 5.69 Å². The maximum Gasteiger partial charge on any atom is 0.129 e. The second kappa shape index (κ2) is 3.11. The Morgan fingerprint density at radius 3 is 2.85 bits per heavy atom. The molecule has 0 bridgehead atoms. The van der Waals surface area contributed by atoms with Crippen molar-refractivity contribution in [1.82, 2.24) is 4.98 Å². The van der Waals surface area contributed by atoms with Crippen molar-refractivity contribution in [2.45, 2.75) is 0 Å². The molecule has 64 valence electrons. The van der Waals surface area contributed by atoms with Crippen LogP contribution in [0.5, 0.6) is 0 Å². The van der Waals surface area contributed by atoms with Crippen molar-refractivity contribution in [2.24, 2.45) is 4.99 Å². The van der Waals surface area contributed by atoms with Gasteiger partial charge in [0.1, 0.15) is 4.64 Å². The summed E-state index contributed by atoms with van der Waals surface area (Å²) in [6.45, 7) is 3.46. The van der Waals surface area contributed by atoms with E-state index in [4.69, 9.17) is 12.2 Å². The van der Waals surface area contributed by atoms with Gasteiger partial charge in [-0.1, -0.05) is 30.4 Å². The molecule has 0 saturated carbocycles. The predicted octanol–water partition coefficient (Wildman–Crippen LogP) is 3.23. The molecular formula is C10H8N2S. The van der Waals surface area contributed by atoms with Crippen molar-refractivity contribution in [3.63, 3.8) is 0 Å². The molecule has 1 N–H and O–H groups in total. The maximum absolute atomic E-state index is 5.09. The fourth-order valence-corrected chi connectivity index (χ4v) is 1.49. The molecule has 0 aliphatic carbocycles. The highest BCUT2D eigenvalue weighted by Gasteiger charge is 1.95. The summed E-state index contributed by atoms with van der Waals surface area (Å²) in [6.07, 6.45) is 0. The number of aromatic nitrogens is 1. The summed E-state index contributed by atoms with van der Waals surface area (Å²) >= 11 is 5.09. The molecule has 0 fully saturated rings. The topological polar surface area (TPSA) is 28.1 Å². The lowest BCUT2D eigenvalue weighted by atomic mass is 10.2. The largest absolute Gasteiger partial charge is 0.344 e. The van der Waals surface area contributed by atoms with Gasteiger partial charge in [-0.2, -0.15) is 0 Å². The van der Waals surface area contributed by atoms with Gasteiger partial charge in [0.15, 0.2) is 0 Å². The number of pyridine rings is 1. The summed E-state index contributed by atoms with van der Waals surface area (Å²) in [4.78, 5) is 6.93. The molecule has 0 amide bonds. The molecule has 2 rings (SSSR count). The Hall–Kier alpha value is -1.48. The van der Waals surface area contributed by atoms with Crippen LogP contribution in [-0.2, 0) is 0 Å². The van der Waals surface area contributed by atoms with Crippen molar-refractivity contribution in [2.75, 3.05) is 0 Å². The van der Waals surface area contributed by atoms with Gasteiger partial charge >= 0.3 is 0 Å². The number of para-hydroxylation sites is 1. The van der Waals surface area contributed by atoms with E-state index in [0.717, 1.165) is 16.6 Å². The summed E-state index contributed by atoms with van der Waals surface area (Å²) in [5, 5.41) is 1.10. The highest BCUT2D eigenvalue weighted by Crippen LogP contribution is 2.19. The fourth-order valence-electron chi connectivity index (χ4n) is 1.25. The van der Waals surface area contributed by atoms with Crippen molar-refractivity contribution < 1.29 is 0 Å². The quantitative estimate of drug-likeness (QED) is 0.540. The monoisotopic (exact) mass is 188 g/mol. The number of hydrogen-bond donors (Lipinski definition) is 1. The minimum Gasteiger partial charge on any atom is -0.344 e. The number of aliphatic imine (C=N–C) groups is 1. The van der Waals surface area contributed by atoms with Crippen molar-refractivity contribution in [1.29, 1.82) is 0 Å². The number of rotatable bonds is 1. The Morgan fingerprint density at radius 2 is 2.08 bits per heavy atom. The average molecular weight is 188 g/mol. The van der Waals surface area contributed by atoms with Crippen LogP contribution in [0, 0.1) is 4.64 Å². The van der Waals surface area contributed by atoms with E-state index in [9.17, 15) is 0 Å². The molecular weight excluding hydrogens is 180 g/mol. The third-order valence-electron chi connectivity index (χ3n) is 1.90. The summed E-state index contributed by atoms with van der Waals surface area (Å²) < 4.78 is 0.633. The van der Waals surface area contributed by atoms with Gasteiger partial charge in [0.05, 0.1) is 5.69 Å². The van der Waals surface area contributed by atoms with Crippen molar-refractivity contribution >= 4 is 35.5 Å². The molecule has 1 heterocycles. The van der Waals surface area contributed by atoms with Crippen LogP contribution in [0.1, 0.15) is 0 Å². The van der Waals surface area contributed by atoms with E-state index in [-0.39, 0.29) is 0 Å². The minimum absolute atomic E-state index is 0.633. The summed E-state index contributed by atoms with van der Waals surface area (Å²) in [5.74, 6) is 0. The summed E-state index contributed by atoms with van der Waals surface area (Å²) in [6, 6.07) is 9.87. The molecule has 1 aromatic heterocycles. The Labute approximate surface area is 81.0 Å². The molecule has 0 saturated heterocycles. The molecule has 0 spiro atoms. The molecule has 3 heteroatoms. The molecule has 1 aromatic carbocycles. The predicted molar refractivity (Wildman–Crippen MR) is 58.3 cm³/mol. The third kappa shape index (κ3) is 1.38. The first-order valence-electron chi connectivity index (χ1n) is 3.90. The number of H-pyrrole nitrogens is 1. The fraction of sp³-hybridized carbons (Fsp3) is 0. The van der Waals surface area contributed by atoms with Crippen LogP contribution in [0.3, 0.4) is 0 Å². The van der Waals surface area contributed by atoms with E-state index in [1.807, 2.05) is 30.3 Å². The number of fused-ring (bicyclic) bond motifs is 1. The number of nitrogens with one attached hydrogen (secondary N) is 1. The van der Waals surface area contributed by atoms with E-state index in [1.165, 1.54) is 0 Å². The van der Waals surface area contributed by atoms with E-state index in [0.29, 0.717) is 4.64 Å². The zero-order chi connectivity index (χ0) is 9.26. The molecule has 0 radical (unpaired) electrons. The number of hydrogen-bond acceptors (Lipinski definition) is 2. The number of benzene rings is 1. The van der Waals surface area contributed by atoms with Gasteiger partial charge in [-0.3, -0.25) is 4.99 Å². The van der Waals surface area contributed by atoms with Gasteiger partial charge in [-0.25, -0.2) is 0 Å². The zero-order valence-corrected chi connectivity index (χ0v) is 7.77. The van der Waals surface area contributed by atoms with Crippen molar-refractivity contribution in [3.05, 3.63) is 35.0 Å². The summed E-state index contributed by atoms with van der Waals surface area (Å²) in [5.41, 5.74) is 1.76. The Bertz CT molecular complexity index is 514. The molecule has 0 atom stereocenters. The van der Waals surface area contributed by atoms with Crippen LogP contribution in [-0.4, -0.2) is 11.7 Å². The Kier molecular flexibility index (Phi) is 1.94. The SMILES string of the molecule is C=Nc1cc2ccccc2[nH]c1=S. The second-order valence-electron chi connectivity index (χ2n) is 2.73. The molecule has 0 unspecified atom stereocenters. The van der Waals surface area contributed by atoms with Crippen LogP contribution in [0.25, 0.3) is 10.9 Å². The van der Waals surface area contributed by atoms with Crippen LogP contribution >= 0.6 is 12.2 Å². The van der Waals surface area contributed by atoms with Gasteiger partial charge in [0, 0.05) is 10.9 Å². The Balaban J connectivity index is 2.89. The maximum atomic E-state index is 5.09. The molecule has 0 aliphatic rings. The zero-order valence-electron chi connectivity index (χ0n) is 6.95. The smallest absolute Gasteiger partial charge is 0.129 e. The average Bonchev–Trinajstić information content (AvgIpc) is 2.17. The van der Waals surface area contributed by atoms with E-state index in [2.05, 4.69) is 16.7 Å². The standard InChI is InChI=1S/C10H8N2S/c1-11-9-6-7-4-2-3-5-8(7)12-10(9)13/h2-6H,1H2,(H,12,13). The van der Waals surface area contributed by atoms with Gasteiger partial charge in [-0.05, 0) is 18.9 Å². The van der Waals surface area contributed by atoms with E-state index < -0.39 is 0 Å². The van der Waals surface area contributed by atoms with Gasteiger partial charge in [0.25, 0.3) is 0 Å². The Morgan fingerprint density at radius 1 is 1.31 bits per heavy atom. The first-order valence-corrected chi connectivity index (χ1v) is 4.31. The van der Waals surface area contributed by atoms with Gasteiger partial charge in [-0.15, -0.1) is 0 Å². The second-order valence-corrected chi connectivity index (χ2v) is 3.14. The number of nitrogens with zero attached hydrogens (tertiary/aromatic N) is 1. The molecule has 13 heavy (non-hydrogen) atoms. The van der Waals surface area contributed by atoms with Crippen LogP contribution < -0.4 is 0 Å². The van der Waals surface area contributed by atoms with Gasteiger partial charge < -0.3 is 4.98 Å². The highest BCUT2D eigenvalue weighted by atomic mass is 32.1. The summed E-state index contributed by atoms with van der Waals surface area (Å²) in [7, 11) is 0. The normalized spacial score (nSPS) is 10.2.